The second-order valence-electron chi connectivity index (χ2n) is 9.02. The molecule has 1 aliphatic heterocycles. The molecule has 2 atom stereocenters. The molecule has 1 aromatic heterocycles. The third kappa shape index (κ3) is 5.78. The van der Waals surface area contributed by atoms with Gasteiger partial charge in [0, 0.05) is 18.3 Å². The van der Waals surface area contributed by atoms with E-state index in [4.69, 9.17) is 0 Å². The maximum Gasteiger partial charge on any atom is 0.250 e. The summed E-state index contributed by atoms with van der Waals surface area (Å²) in [6.45, 7) is 0.394. The van der Waals surface area contributed by atoms with Crippen LogP contribution in [0.15, 0.2) is 48.7 Å². The zero-order valence-corrected chi connectivity index (χ0v) is 19.1. The Bertz CT molecular complexity index is 979. The standard InChI is InChI=1S/C25H31N5O4/c31-17-29(34)16-21(14-18-6-4-5-7-18)25(33)30-22(12-13-27-30)24(32)28-23-11-10-20(15-26-23)19-8-2-1-3-9-19/h1-3,8-11,15,17-18,21-22,27,34H,4-7,12-14,16H2,(H,26,28,32)/t21-,22+/m1/s1. The minimum absolute atomic E-state index is 0.0894. The predicted octanol–water partition coefficient (Wildman–Crippen LogP) is 2.84. The zero-order valence-electron chi connectivity index (χ0n) is 19.1. The van der Waals surface area contributed by atoms with Crippen molar-refractivity contribution in [3.05, 3.63) is 48.7 Å². The molecule has 0 spiro atoms. The summed E-state index contributed by atoms with van der Waals surface area (Å²) in [5, 5.41) is 14.4. The van der Waals surface area contributed by atoms with Crippen molar-refractivity contribution in [3.63, 3.8) is 0 Å². The van der Waals surface area contributed by atoms with Gasteiger partial charge in [0.05, 0.1) is 12.5 Å². The Morgan fingerprint density at radius 3 is 2.59 bits per heavy atom. The van der Waals surface area contributed by atoms with Crippen LogP contribution in [0.5, 0.6) is 0 Å². The Morgan fingerprint density at radius 1 is 1.15 bits per heavy atom. The Hall–Kier alpha value is -3.30. The Kier molecular flexibility index (Phi) is 7.87. The SMILES string of the molecule is O=CN(O)C[C@@H](CC1CCCC1)C(=O)N1NCC[C@H]1C(=O)Nc1ccc(-c2ccccc2)cn1. The fourth-order valence-corrected chi connectivity index (χ4v) is 4.89. The van der Waals surface area contributed by atoms with Crippen LogP contribution in [0.3, 0.4) is 0 Å². The average molecular weight is 466 g/mol. The smallest absolute Gasteiger partial charge is 0.250 e. The monoisotopic (exact) mass is 465 g/mol. The van der Waals surface area contributed by atoms with Gasteiger partial charge in [-0.25, -0.2) is 15.5 Å². The fourth-order valence-electron chi connectivity index (χ4n) is 4.89. The number of rotatable bonds is 9. The van der Waals surface area contributed by atoms with Gasteiger partial charge in [-0.1, -0.05) is 56.0 Å². The molecule has 3 N–H and O–H groups in total. The minimum Gasteiger partial charge on any atom is -0.309 e. The van der Waals surface area contributed by atoms with Crippen LogP contribution in [0.1, 0.15) is 38.5 Å². The van der Waals surface area contributed by atoms with Crippen LogP contribution in [-0.4, -0.2) is 57.6 Å². The van der Waals surface area contributed by atoms with Crippen LogP contribution >= 0.6 is 0 Å². The summed E-state index contributed by atoms with van der Waals surface area (Å²) in [7, 11) is 0. The second-order valence-corrected chi connectivity index (χ2v) is 9.02. The first-order valence-corrected chi connectivity index (χ1v) is 11.8. The Balaban J connectivity index is 1.42. The van der Waals surface area contributed by atoms with Gasteiger partial charge in [-0.15, -0.1) is 0 Å². The van der Waals surface area contributed by atoms with Crippen molar-refractivity contribution >= 4 is 24.0 Å². The van der Waals surface area contributed by atoms with Gasteiger partial charge in [-0.05, 0) is 36.5 Å². The van der Waals surface area contributed by atoms with Crippen LogP contribution in [0.2, 0.25) is 0 Å². The second kappa shape index (κ2) is 11.2. The Labute approximate surface area is 199 Å². The molecule has 0 unspecified atom stereocenters. The number of nitrogens with one attached hydrogen (secondary N) is 2. The molecule has 4 rings (SSSR count). The minimum atomic E-state index is -0.697. The van der Waals surface area contributed by atoms with Gasteiger partial charge in [0.15, 0.2) is 0 Å². The van der Waals surface area contributed by atoms with Crippen molar-refractivity contribution in [2.24, 2.45) is 11.8 Å². The van der Waals surface area contributed by atoms with Crippen LogP contribution < -0.4 is 10.7 Å². The van der Waals surface area contributed by atoms with E-state index < -0.39 is 12.0 Å². The van der Waals surface area contributed by atoms with Crippen molar-refractivity contribution in [3.8, 4) is 11.1 Å². The summed E-state index contributed by atoms with van der Waals surface area (Å²) in [4.78, 5) is 41.7. The van der Waals surface area contributed by atoms with E-state index in [9.17, 15) is 19.6 Å². The zero-order chi connectivity index (χ0) is 23.9. The van der Waals surface area contributed by atoms with Crippen LogP contribution in [0.25, 0.3) is 11.1 Å². The third-order valence-corrected chi connectivity index (χ3v) is 6.64. The fraction of sp³-hybridized carbons (Fsp3) is 0.440. The summed E-state index contributed by atoms with van der Waals surface area (Å²) in [6.07, 6.45) is 7.40. The lowest BCUT2D eigenvalue weighted by molar-refractivity contribution is -0.159. The molecule has 2 aliphatic rings. The predicted molar refractivity (Wildman–Crippen MR) is 126 cm³/mol. The van der Waals surface area contributed by atoms with Crippen LogP contribution in [0.4, 0.5) is 5.82 Å². The molecule has 3 amide bonds. The normalized spacial score (nSPS) is 19.1. The summed E-state index contributed by atoms with van der Waals surface area (Å²) < 4.78 is 0. The maximum absolute atomic E-state index is 13.4. The first kappa shape index (κ1) is 23.8. The molecule has 180 valence electrons. The maximum atomic E-state index is 13.4. The first-order chi connectivity index (χ1) is 16.5. The van der Waals surface area contributed by atoms with Crippen molar-refractivity contribution in [1.82, 2.24) is 20.5 Å². The molecular weight excluding hydrogens is 434 g/mol. The molecule has 9 nitrogen and oxygen atoms in total. The van der Waals surface area contributed by atoms with E-state index in [1.165, 1.54) is 5.01 Å². The van der Waals surface area contributed by atoms with Crippen molar-refractivity contribution < 1.29 is 19.6 Å². The molecule has 2 aromatic rings. The van der Waals surface area contributed by atoms with E-state index in [1.807, 2.05) is 36.4 Å². The number of hydrogen-bond acceptors (Lipinski definition) is 6. The molecule has 0 bridgehead atoms. The number of nitrogens with zero attached hydrogens (tertiary/aromatic N) is 3. The third-order valence-electron chi connectivity index (χ3n) is 6.64. The van der Waals surface area contributed by atoms with Crippen LogP contribution in [0, 0.1) is 11.8 Å². The number of hydroxylamine groups is 2. The lowest BCUT2D eigenvalue weighted by Crippen LogP contribution is -2.51. The van der Waals surface area contributed by atoms with Gasteiger partial charge in [0.25, 0.3) is 0 Å². The largest absolute Gasteiger partial charge is 0.309 e. The number of anilines is 1. The molecule has 1 saturated heterocycles. The number of carbonyl (C=O) groups is 3. The highest BCUT2D eigenvalue weighted by molar-refractivity contribution is 5.97. The molecule has 1 saturated carbocycles. The van der Waals surface area contributed by atoms with Crippen LogP contribution in [-0.2, 0) is 14.4 Å². The summed E-state index contributed by atoms with van der Waals surface area (Å²) in [5.74, 6) is -0.389. The number of carbonyl (C=O) groups excluding carboxylic acids is 3. The van der Waals surface area contributed by atoms with E-state index in [-0.39, 0.29) is 18.4 Å². The topological polar surface area (TPSA) is 115 Å². The number of amides is 3. The van der Waals surface area contributed by atoms with Gasteiger partial charge < -0.3 is 5.32 Å². The van der Waals surface area contributed by atoms with Gasteiger partial charge in [0.2, 0.25) is 18.2 Å². The lowest BCUT2D eigenvalue weighted by Gasteiger charge is -2.29. The summed E-state index contributed by atoms with van der Waals surface area (Å²) >= 11 is 0. The number of pyridine rings is 1. The molecule has 0 radical (unpaired) electrons. The Morgan fingerprint density at radius 2 is 1.91 bits per heavy atom. The molecule has 34 heavy (non-hydrogen) atoms. The summed E-state index contributed by atoms with van der Waals surface area (Å²) in [6, 6.07) is 12.8. The molecule has 1 aromatic carbocycles. The average Bonchev–Trinajstić information content (AvgIpc) is 3.56. The molecule has 2 fully saturated rings. The number of hydrogen-bond donors (Lipinski definition) is 3. The van der Waals surface area contributed by atoms with E-state index in [0.717, 1.165) is 36.8 Å². The van der Waals surface area contributed by atoms with Gasteiger partial charge in [-0.2, -0.15) is 0 Å². The van der Waals surface area contributed by atoms with Gasteiger partial charge in [0.1, 0.15) is 11.9 Å². The highest BCUT2D eigenvalue weighted by Crippen LogP contribution is 2.31. The van der Waals surface area contributed by atoms with Gasteiger partial charge in [-0.3, -0.25) is 24.6 Å². The number of hydrazine groups is 1. The van der Waals surface area contributed by atoms with E-state index >= 15 is 0 Å². The molecular formula is C25H31N5O4. The van der Waals surface area contributed by atoms with E-state index in [0.29, 0.717) is 42.6 Å². The van der Waals surface area contributed by atoms with E-state index in [1.54, 1.807) is 12.3 Å². The number of benzene rings is 1. The van der Waals surface area contributed by atoms with Crippen molar-refractivity contribution in [1.29, 1.82) is 0 Å². The number of aromatic nitrogens is 1. The molecule has 9 heteroatoms. The lowest BCUT2D eigenvalue weighted by atomic mass is 9.92. The highest BCUT2D eigenvalue weighted by atomic mass is 16.5. The van der Waals surface area contributed by atoms with Crippen molar-refractivity contribution in [2.75, 3.05) is 18.4 Å². The van der Waals surface area contributed by atoms with Gasteiger partial charge >= 0.3 is 0 Å². The molecule has 2 heterocycles. The highest BCUT2D eigenvalue weighted by Gasteiger charge is 2.39. The quantitative estimate of drug-likeness (QED) is 0.298. The van der Waals surface area contributed by atoms with E-state index in [2.05, 4.69) is 15.7 Å². The summed E-state index contributed by atoms with van der Waals surface area (Å²) in [5.41, 5.74) is 4.99. The van der Waals surface area contributed by atoms with Crippen molar-refractivity contribution in [2.45, 2.75) is 44.6 Å². The first-order valence-electron chi connectivity index (χ1n) is 11.8. The molecule has 1 aliphatic carbocycles.